The molecule has 114 valence electrons. The maximum atomic E-state index is 12.1. The second kappa shape index (κ2) is 8.04. The summed E-state index contributed by atoms with van der Waals surface area (Å²) in [6.45, 7) is 4.85. The Balaban J connectivity index is 2.84. The highest BCUT2D eigenvalue weighted by atomic mass is 16.5. The Bertz CT molecular complexity index is 502. The zero-order valence-corrected chi connectivity index (χ0v) is 12.4. The molecule has 0 aromatic heterocycles. The lowest BCUT2D eigenvalue weighted by molar-refractivity contribution is -0.146. The maximum absolute atomic E-state index is 12.1. The second-order valence-corrected chi connectivity index (χ2v) is 4.56. The average Bonchev–Trinajstić information content (AvgIpc) is 2.44. The van der Waals surface area contributed by atoms with Gasteiger partial charge in [0.05, 0.1) is 12.6 Å². The van der Waals surface area contributed by atoms with E-state index in [0.29, 0.717) is 5.56 Å². The first-order valence-electron chi connectivity index (χ1n) is 6.75. The van der Waals surface area contributed by atoms with E-state index in [0.717, 1.165) is 0 Å². The number of amides is 2. The minimum atomic E-state index is -0.943. The average molecular weight is 292 g/mol. The van der Waals surface area contributed by atoms with Gasteiger partial charge >= 0.3 is 5.97 Å². The smallest absolute Gasteiger partial charge is 0.330 e. The number of rotatable bonds is 6. The van der Waals surface area contributed by atoms with Gasteiger partial charge in [0.15, 0.2) is 0 Å². The minimum absolute atomic E-state index is 0.198. The van der Waals surface area contributed by atoms with Crippen molar-refractivity contribution in [2.45, 2.75) is 32.9 Å². The zero-order chi connectivity index (χ0) is 15.8. The van der Waals surface area contributed by atoms with Gasteiger partial charge in [0.2, 0.25) is 5.91 Å². The Morgan fingerprint density at radius 1 is 1.14 bits per heavy atom. The van der Waals surface area contributed by atoms with Crippen molar-refractivity contribution in [3.05, 3.63) is 35.9 Å². The molecule has 1 aromatic rings. The fraction of sp³-hybridized carbons (Fsp3) is 0.400. The molecule has 0 saturated carbocycles. The lowest BCUT2D eigenvalue weighted by Gasteiger charge is -2.23. The number of ether oxygens (including phenoxy) is 1. The molecule has 0 aliphatic carbocycles. The molecule has 0 radical (unpaired) electrons. The van der Waals surface area contributed by atoms with Crippen molar-refractivity contribution in [2.75, 3.05) is 6.61 Å². The predicted molar refractivity (Wildman–Crippen MR) is 77.6 cm³/mol. The van der Waals surface area contributed by atoms with Gasteiger partial charge in [-0.1, -0.05) is 18.2 Å². The van der Waals surface area contributed by atoms with Gasteiger partial charge in [-0.25, -0.2) is 4.79 Å². The van der Waals surface area contributed by atoms with Crippen molar-refractivity contribution in [3.63, 3.8) is 0 Å². The predicted octanol–water partition coefficient (Wildman–Crippen LogP) is 0.873. The first kappa shape index (κ1) is 16.7. The first-order valence-corrected chi connectivity index (χ1v) is 6.75. The van der Waals surface area contributed by atoms with Crippen LogP contribution in [-0.4, -0.2) is 36.5 Å². The highest BCUT2D eigenvalue weighted by Crippen LogP contribution is 2.03. The van der Waals surface area contributed by atoms with Crippen LogP contribution in [0.5, 0.6) is 0 Å². The Morgan fingerprint density at radius 2 is 1.76 bits per heavy atom. The summed E-state index contributed by atoms with van der Waals surface area (Å²) >= 11 is 0. The van der Waals surface area contributed by atoms with Crippen LogP contribution < -0.4 is 10.6 Å². The van der Waals surface area contributed by atoms with E-state index in [1.807, 2.05) is 0 Å². The van der Waals surface area contributed by atoms with E-state index in [4.69, 9.17) is 4.74 Å². The fourth-order valence-electron chi connectivity index (χ4n) is 1.84. The van der Waals surface area contributed by atoms with Crippen molar-refractivity contribution in [1.82, 2.24) is 10.6 Å². The van der Waals surface area contributed by atoms with E-state index in [2.05, 4.69) is 10.6 Å². The molecule has 2 amide bonds. The molecule has 0 saturated heterocycles. The van der Waals surface area contributed by atoms with Gasteiger partial charge in [-0.2, -0.15) is 0 Å². The van der Waals surface area contributed by atoms with E-state index in [9.17, 15) is 14.4 Å². The maximum Gasteiger partial charge on any atom is 0.330 e. The van der Waals surface area contributed by atoms with Crippen LogP contribution in [0.1, 0.15) is 31.1 Å². The van der Waals surface area contributed by atoms with Gasteiger partial charge in [0, 0.05) is 12.5 Å². The van der Waals surface area contributed by atoms with Crippen molar-refractivity contribution in [1.29, 1.82) is 0 Å². The van der Waals surface area contributed by atoms with Crippen molar-refractivity contribution in [2.24, 2.45) is 0 Å². The summed E-state index contributed by atoms with van der Waals surface area (Å²) in [5, 5.41) is 5.18. The molecular weight excluding hydrogens is 272 g/mol. The third-order valence-electron chi connectivity index (χ3n) is 2.79. The van der Waals surface area contributed by atoms with E-state index >= 15 is 0 Å². The van der Waals surface area contributed by atoms with E-state index in [-0.39, 0.29) is 12.5 Å². The summed E-state index contributed by atoms with van der Waals surface area (Å²) in [5.41, 5.74) is 0.432. The van der Waals surface area contributed by atoms with E-state index in [1.54, 1.807) is 44.2 Å². The topological polar surface area (TPSA) is 84.5 Å². The van der Waals surface area contributed by atoms with E-state index < -0.39 is 24.0 Å². The molecule has 0 aliphatic heterocycles. The van der Waals surface area contributed by atoms with Crippen LogP contribution in [-0.2, 0) is 14.3 Å². The molecule has 0 heterocycles. The number of hydrogen-bond acceptors (Lipinski definition) is 4. The summed E-state index contributed by atoms with van der Waals surface area (Å²) in [6.07, 6.45) is 0. The highest BCUT2D eigenvalue weighted by Gasteiger charge is 2.29. The molecule has 0 bridgehead atoms. The van der Waals surface area contributed by atoms with Crippen LogP contribution >= 0.6 is 0 Å². The molecule has 6 heteroatoms. The van der Waals surface area contributed by atoms with Crippen molar-refractivity contribution >= 4 is 17.8 Å². The molecule has 0 unspecified atom stereocenters. The quantitative estimate of drug-likeness (QED) is 0.762. The molecule has 6 nitrogen and oxygen atoms in total. The molecule has 0 spiro atoms. The normalized spacial score (nSPS) is 12.9. The molecule has 21 heavy (non-hydrogen) atoms. The van der Waals surface area contributed by atoms with Gasteiger partial charge in [-0.15, -0.1) is 0 Å². The summed E-state index contributed by atoms with van der Waals surface area (Å²) in [7, 11) is 0. The fourth-order valence-corrected chi connectivity index (χ4v) is 1.84. The number of carbonyl (C=O) groups excluding carboxylic acids is 3. The summed E-state index contributed by atoms with van der Waals surface area (Å²) in [5.74, 6) is -1.26. The van der Waals surface area contributed by atoms with Crippen molar-refractivity contribution in [3.8, 4) is 0 Å². The molecule has 2 atom stereocenters. The third kappa shape index (κ3) is 5.25. The third-order valence-corrected chi connectivity index (χ3v) is 2.79. The Morgan fingerprint density at radius 3 is 2.29 bits per heavy atom. The Kier molecular flexibility index (Phi) is 6.39. The number of carbonyl (C=O) groups is 3. The monoisotopic (exact) mass is 292 g/mol. The molecule has 0 aliphatic rings. The molecule has 1 aromatic carbocycles. The number of esters is 1. The lowest BCUT2D eigenvalue weighted by atomic mass is 10.1. The Labute approximate surface area is 123 Å². The lowest BCUT2D eigenvalue weighted by Crippen LogP contribution is -2.54. The van der Waals surface area contributed by atoms with Crippen LogP contribution in [0.2, 0.25) is 0 Å². The largest absolute Gasteiger partial charge is 0.464 e. The molecule has 0 fully saturated rings. The van der Waals surface area contributed by atoms with Crippen LogP contribution in [0.15, 0.2) is 30.3 Å². The highest BCUT2D eigenvalue weighted by molar-refractivity contribution is 5.97. The number of nitrogens with one attached hydrogen (secondary N) is 2. The van der Waals surface area contributed by atoms with Crippen LogP contribution in [0.25, 0.3) is 0 Å². The zero-order valence-electron chi connectivity index (χ0n) is 12.4. The molecule has 1 rings (SSSR count). The van der Waals surface area contributed by atoms with Gasteiger partial charge in [-0.05, 0) is 26.0 Å². The standard InChI is InChI=1S/C15H20N2O4/c1-4-21-15(20)13(10(2)16-11(3)18)17-14(19)12-8-6-5-7-9-12/h5-10,13H,4H2,1-3H3,(H,16,18)(H,17,19)/t10-,13-/m1/s1. The summed E-state index contributed by atoms with van der Waals surface area (Å²) in [6, 6.07) is 7.01. The molecule has 2 N–H and O–H groups in total. The SMILES string of the molecule is CCOC(=O)[C@H](NC(=O)c1ccccc1)[C@@H](C)NC(C)=O. The van der Waals surface area contributed by atoms with Gasteiger partial charge in [-0.3, -0.25) is 9.59 Å². The second-order valence-electron chi connectivity index (χ2n) is 4.56. The summed E-state index contributed by atoms with van der Waals surface area (Å²) < 4.78 is 4.94. The van der Waals surface area contributed by atoms with Crippen LogP contribution in [0, 0.1) is 0 Å². The van der Waals surface area contributed by atoms with Gasteiger partial charge < -0.3 is 15.4 Å². The molecular formula is C15H20N2O4. The van der Waals surface area contributed by atoms with Gasteiger partial charge in [0.25, 0.3) is 5.91 Å². The van der Waals surface area contributed by atoms with Gasteiger partial charge in [0.1, 0.15) is 6.04 Å². The van der Waals surface area contributed by atoms with E-state index in [1.165, 1.54) is 6.92 Å². The van der Waals surface area contributed by atoms with Crippen LogP contribution in [0.3, 0.4) is 0 Å². The first-order chi connectivity index (χ1) is 9.95. The Hall–Kier alpha value is -2.37. The number of benzene rings is 1. The minimum Gasteiger partial charge on any atom is -0.464 e. The van der Waals surface area contributed by atoms with Crippen molar-refractivity contribution < 1.29 is 19.1 Å². The summed E-state index contributed by atoms with van der Waals surface area (Å²) in [4.78, 5) is 35.2. The van der Waals surface area contributed by atoms with Crippen LogP contribution in [0.4, 0.5) is 0 Å². The number of hydrogen-bond donors (Lipinski definition) is 2.